The van der Waals surface area contributed by atoms with E-state index in [9.17, 15) is 14.7 Å². The maximum absolute atomic E-state index is 13.1. The van der Waals surface area contributed by atoms with Crippen molar-refractivity contribution in [2.75, 3.05) is 33.8 Å². The highest BCUT2D eigenvalue weighted by molar-refractivity contribution is 6.46. The van der Waals surface area contributed by atoms with Gasteiger partial charge in [0.2, 0.25) is 0 Å². The number of nitrogens with zero attached hydrogens (tertiary/aromatic N) is 2. The molecule has 0 aliphatic carbocycles. The molecular formula is C26H30Cl2N2O4. The Balaban J connectivity index is 2.02. The van der Waals surface area contributed by atoms with Gasteiger partial charge in [-0.3, -0.25) is 9.59 Å². The molecule has 2 aromatic carbocycles. The predicted octanol–water partition coefficient (Wildman–Crippen LogP) is 5.40. The van der Waals surface area contributed by atoms with Gasteiger partial charge in [-0.25, -0.2) is 0 Å². The van der Waals surface area contributed by atoms with E-state index in [0.29, 0.717) is 52.4 Å². The number of Topliss-reactive ketones (excluding diaryl/α,β-unsaturated/α-hetero) is 1. The summed E-state index contributed by atoms with van der Waals surface area (Å²) in [4.78, 5) is 29.6. The highest BCUT2D eigenvalue weighted by Gasteiger charge is 2.45. The maximum atomic E-state index is 13.1. The molecule has 1 atom stereocenters. The van der Waals surface area contributed by atoms with E-state index in [1.165, 1.54) is 4.90 Å². The Labute approximate surface area is 210 Å². The van der Waals surface area contributed by atoms with Crippen molar-refractivity contribution in [1.82, 2.24) is 9.80 Å². The Kier molecular flexibility index (Phi) is 8.63. The lowest BCUT2D eigenvalue weighted by Crippen LogP contribution is -2.32. The third kappa shape index (κ3) is 5.93. The second kappa shape index (κ2) is 11.3. The fraction of sp³-hybridized carbons (Fsp3) is 0.385. The first kappa shape index (κ1) is 26.1. The van der Waals surface area contributed by atoms with Gasteiger partial charge in [0.1, 0.15) is 11.5 Å². The molecule has 1 saturated heterocycles. The van der Waals surface area contributed by atoms with E-state index in [-0.39, 0.29) is 11.3 Å². The third-order valence-corrected chi connectivity index (χ3v) is 6.25. The van der Waals surface area contributed by atoms with Crippen molar-refractivity contribution in [1.29, 1.82) is 0 Å². The standard InChI is InChI=1S/C26H30Cl2N2O4/c1-16(2)15-34-19-9-6-17(7-10-19)24(31)22-23(18-8-11-20(27)21(28)14-18)30(26(33)25(22)32)13-5-12-29(3)4/h6-11,14,16,23,31H,5,12-13,15H2,1-4H3/b24-22-. The van der Waals surface area contributed by atoms with Crippen molar-refractivity contribution >= 4 is 40.7 Å². The quantitative estimate of drug-likeness (QED) is 0.281. The zero-order valence-electron chi connectivity index (χ0n) is 19.8. The van der Waals surface area contributed by atoms with Crippen molar-refractivity contribution in [3.63, 3.8) is 0 Å². The molecule has 2 aromatic rings. The first-order chi connectivity index (χ1) is 16.1. The highest BCUT2D eigenvalue weighted by atomic mass is 35.5. The maximum Gasteiger partial charge on any atom is 0.295 e. The molecule has 1 aliphatic heterocycles. The van der Waals surface area contributed by atoms with E-state index in [4.69, 9.17) is 27.9 Å². The Hall–Kier alpha value is -2.54. The van der Waals surface area contributed by atoms with E-state index < -0.39 is 17.7 Å². The van der Waals surface area contributed by atoms with Crippen molar-refractivity contribution in [2.45, 2.75) is 26.3 Å². The summed E-state index contributed by atoms with van der Waals surface area (Å²) in [6.45, 7) is 5.78. The summed E-state index contributed by atoms with van der Waals surface area (Å²) in [5, 5.41) is 11.9. The van der Waals surface area contributed by atoms with Crippen LogP contribution >= 0.6 is 23.2 Å². The summed E-state index contributed by atoms with van der Waals surface area (Å²) < 4.78 is 5.70. The molecule has 1 amide bonds. The van der Waals surface area contributed by atoms with Gasteiger partial charge in [0, 0.05) is 12.1 Å². The van der Waals surface area contributed by atoms with Crippen LogP contribution in [0.2, 0.25) is 10.0 Å². The molecule has 1 aliphatic rings. The van der Waals surface area contributed by atoms with Gasteiger partial charge in [0.25, 0.3) is 11.7 Å². The van der Waals surface area contributed by atoms with Crippen LogP contribution in [0, 0.1) is 5.92 Å². The number of amides is 1. The van der Waals surface area contributed by atoms with Gasteiger partial charge in [0.05, 0.1) is 28.3 Å². The van der Waals surface area contributed by atoms with E-state index in [0.717, 1.165) is 6.54 Å². The summed E-state index contributed by atoms with van der Waals surface area (Å²) in [7, 11) is 3.89. The number of aliphatic hydroxyl groups excluding tert-OH is 1. The molecule has 0 spiro atoms. The Morgan fingerprint density at radius 3 is 2.35 bits per heavy atom. The Bertz CT molecular complexity index is 1080. The lowest BCUT2D eigenvalue weighted by molar-refractivity contribution is -0.139. The minimum absolute atomic E-state index is 0.0316. The number of halogens is 2. The van der Waals surface area contributed by atoms with Crippen LogP contribution in [-0.2, 0) is 9.59 Å². The van der Waals surface area contributed by atoms with Crippen LogP contribution in [0.4, 0.5) is 0 Å². The number of carbonyl (C=O) groups is 2. The molecular weight excluding hydrogens is 475 g/mol. The van der Waals surface area contributed by atoms with E-state index >= 15 is 0 Å². The zero-order chi connectivity index (χ0) is 25.0. The van der Waals surface area contributed by atoms with Crippen molar-refractivity contribution in [3.05, 3.63) is 69.2 Å². The largest absolute Gasteiger partial charge is 0.507 e. The summed E-state index contributed by atoms with van der Waals surface area (Å²) in [5.41, 5.74) is 1.06. The number of rotatable bonds is 9. The topological polar surface area (TPSA) is 70.1 Å². The fourth-order valence-corrected chi connectivity index (χ4v) is 4.13. The average molecular weight is 505 g/mol. The molecule has 0 bridgehead atoms. The molecule has 182 valence electrons. The first-order valence-corrected chi connectivity index (χ1v) is 12.0. The van der Waals surface area contributed by atoms with Crippen LogP contribution in [0.3, 0.4) is 0 Å². The number of ketones is 1. The number of hydrogen-bond acceptors (Lipinski definition) is 5. The molecule has 1 fully saturated rings. The monoisotopic (exact) mass is 504 g/mol. The van der Waals surface area contributed by atoms with Crippen LogP contribution in [0.5, 0.6) is 5.75 Å². The van der Waals surface area contributed by atoms with Gasteiger partial charge in [-0.15, -0.1) is 0 Å². The van der Waals surface area contributed by atoms with Crippen LogP contribution in [0.25, 0.3) is 5.76 Å². The van der Waals surface area contributed by atoms with Crippen LogP contribution in [0.1, 0.15) is 37.4 Å². The van der Waals surface area contributed by atoms with Gasteiger partial charge < -0.3 is 19.6 Å². The molecule has 6 nitrogen and oxygen atoms in total. The van der Waals surface area contributed by atoms with Crippen LogP contribution in [-0.4, -0.2) is 60.4 Å². The zero-order valence-corrected chi connectivity index (χ0v) is 21.4. The van der Waals surface area contributed by atoms with Crippen LogP contribution in [0.15, 0.2) is 48.0 Å². The lowest BCUT2D eigenvalue weighted by atomic mass is 9.95. The van der Waals surface area contributed by atoms with E-state index in [2.05, 4.69) is 13.8 Å². The van der Waals surface area contributed by atoms with Crippen molar-refractivity contribution in [2.24, 2.45) is 5.92 Å². The molecule has 0 saturated carbocycles. The van der Waals surface area contributed by atoms with Gasteiger partial charge in [-0.2, -0.15) is 0 Å². The summed E-state index contributed by atoms with van der Waals surface area (Å²) in [5.74, 6) is -0.565. The Morgan fingerprint density at radius 1 is 1.09 bits per heavy atom. The Morgan fingerprint density at radius 2 is 1.76 bits per heavy atom. The third-order valence-electron chi connectivity index (χ3n) is 5.51. The van der Waals surface area contributed by atoms with Gasteiger partial charge in [0.15, 0.2) is 0 Å². The number of benzene rings is 2. The van der Waals surface area contributed by atoms with E-state index in [1.807, 2.05) is 19.0 Å². The predicted molar refractivity (Wildman–Crippen MR) is 135 cm³/mol. The summed E-state index contributed by atoms with van der Waals surface area (Å²) >= 11 is 12.3. The SMILES string of the molecule is CC(C)COc1ccc(/C(O)=C2/C(=O)C(=O)N(CCCN(C)C)C2c2ccc(Cl)c(Cl)c2)cc1. The minimum Gasteiger partial charge on any atom is -0.507 e. The van der Waals surface area contributed by atoms with Gasteiger partial charge in [-0.05, 0) is 74.9 Å². The minimum atomic E-state index is -0.770. The molecule has 8 heteroatoms. The van der Waals surface area contributed by atoms with Gasteiger partial charge in [-0.1, -0.05) is 43.1 Å². The molecule has 1 N–H and O–H groups in total. The second-order valence-electron chi connectivity index (χ2n) is 9.05. The summed E-state index contributed by atoms with van der Waals surface area (Å²) in [6.07, 6.45) is 0.666. The first-order valence-electron chi connectivity index (χ1n) is 11.2. The molecule has 0 aromatic heterocycles. The number of carbonyl (C=O) groups excluding carboxylic acids is 2. The molecule has 34 heavy (non-hydrogen) atoms. The van der Waals surface area contributed by atoms with Gasteiger partial charge >= 0.3 is 0 Å². The van der Waals surface area contributed by atoms with Crippen molar-refractivity contribution in [3.8, 4) is 5.75 Å². The average Bonchev–Trinajstić information content (AvgIpc) is 3.04. The molecule has 1 unspecified atom stereocenters. The second-order valence-corrected chi connectivity index (χ2v) is 9.87. The number of ether oxygens (including phenoxy) is 1. The summed E-state index contributed by atoms with van der Waals surface area (Å²) in [6, 6.07) is 11.0. The van der Waals surface area contributed by atoms with Crippen LogP contribution < -0.4 is 4.74 Å². The number of likely N-dealkylation sites (tertiary alicyclic amines) is 1. The lowest BCUT2D eigenvalue weighted by Gasteiger charge is -2.26. The smallest absolute Gasteiger partial charge is 0.295 e. The molecule has 3 rings (SSSR count). The van der Waals surface area contributed by atoms with E-state index in [1.54, 1.807) is 42.5 Å². The number of hydrogen-bond donors (Lipinski definition) is 1. The highest BCUT2D eigenvalue weighted by Crippen LogP contribution is 2.41. The van der Waals surface area contributed by atoms with Crippen molar-refractivity contribution < 1.29 is 19.4 Å². The number of aliphatic hydroxyl groups is 1. The fourth-order valence-electron chi connectivity index (χ4n) is 3.82. The normalized spacial score (nSPS) is 17.8. The molecule has 1 heterocycles. The molecule has 0 radical (unpaired) electrons.